The van der Waals surface area contributed by atoms with Gasteiger partial charge >= 0.3 is 5.97 Å². The van der Waals surface area contributed by atoms with Crippen LogP contribution in [0, 0.1) is 0 Å². The monoisotopic (exact) mass is 478 g/mol. The fourth-order valence-electron chi connectivity index (χ4n) is 2.75. The lowest BCUT2D eigenvalue weighted by atomic mass is 10.2. The van der Waals surface area contributed by atoms with Gasteiger partial charge in [-0.25, -0.2) is 14.2 Å². The molecule has 0 saturated carbocycles. The largest absolute Gasteiger partial charge is 0.479 e. The van der Waals surface area contributed by atoms with Gasteiger partial charge in [0.1, 0.15) is 0 Å². The summed E-state index contributed by atoms with van der Waals surface area (Å²) < 4.78 is 12.7. The van der Waals surface area contributed by atoms with Gasteiger partial charge in [0.15, 0.2) is 17.3 Å². The number of fused-ring (bicyclic) bond motifs is 3. The van der Waals surface area contributed by atoms with Crippen molar-refractivity contribution in [3.8, 4) is 5.75 Å². The molecule has 0 aliphatic carbocycles. The number of hydrogen-bond acceptors (Lipinski definition) is 6. The van der Waals surface area contributed by atoms with Crippen molar-refractivity contribution >= 4 is 66.9 Å². The Balaban J connectivity index is 1.76. The van der Waals surface area contributed by atoms with Crippen LogP contribution in [0.5, 0.6) is 5.75 Å². The van der Waals surface area contributed by atoms with Crippen molar-refractivity contribution in [1.82, 2.24) is 9.38 Å². The molecule has 0 spiro atoms. The van der Waals surface area contributed by atoms with Crippen LogP contribution >= 0.6 is 38.9 Å². The fourth-order valence-corrected chi connectivity index (χ4v) is 4.73. The van der Waals surface area contributed by atoms with Gasteiger partial charge < -0.3 is 9.47 Å². The van der Waals surface area contributed by atoms with E-state index in [1.54, 1.807) is 22.6 Å². The van der Waals surface area contributed by atoms with Crippen LogP contribution in [0.3, 0.4) is 0 Å². The standard InChI is InChI=1S/C19H12BrClN2O4S/c1-26-16(24)9-27-17-11(20)6-10(7-12(17)21)8-15-18(25)23-14-5-3-2-4-13(14)22-19(23)28-15/h2-8H,9H2,1H3/b15-8-. The molecule has 4 aromatic rings. The van der Waals surface area contributed by atoms with Gasteiger partial charge in [0.25, 0.3) is 5.56 Å². The molecule has 2 heterocycles. The average molecular weight is 480 g/mol. The van der Waals surface area contributed by atoms with E-state index in [9.17, 15) is 9.59 Å². The van der Waals surface area contributed by atoms with E-state index in [1.165, 1.54) is 18.4 Å². The normalized spacial score (nSPS) is 12.0. The fraction of sp³-hybridized carbons (Fsp3) is 0.105. The third-order valence-electron chi connectivity index (χ3n) is 4.03. The van der Waals surface area contributed by atoms with Crippen molar-refractivity contribution in [2.24, 2.45) is 0 Å². The molecule has 0 N–H and O–H groups in total. The zero-order chi connectivity index (χ0) is 19.8. The molecule has 2 aromatic heterocycles. The van der Waals surface area contributed by atoms with Gasteiger partial charge in [-0.05, 0) is 51.8 Å². The Morgan fingerprint density at radius 3 is 2.89 bits per heavy atom. The van der Waals surface area contributed by atoms with Gasteiger partial charge in [-0.2, -0.15) is 0 Å². The van der Waals surface area contributed by atoms with E-state index in [-0.39, 0.29) is 12.2 Å². The molecule has 6 nitrogen and oxygen atoms in total. The highest BCUT2D eigenvalue weighted by Crippen LogP contribution is 2.34. The van der Waals surface area contributed by atoms with E-state index in [0.29, 0.717) is 30.3 Å². The first-order valence-electron chi connectivity index (χ1n) is 8.08. The Hall–Kier alpha value is -2.42. The molecular weight excluding hydrogens is 468 g/mol. The molecule has 0 aliphatic heterocycles. The van der Waals surface area contributed by atoms with E-state index >= 15 is 0 Å². The van der Waals surface area contributed by atoms with Crippen LogP contribution in [0.2, 0.25) is 5.02 Å². The number of thiazole rings is 1. The summed E-state index contributed by atoms with van der Waals surface area (Å²) in [6, 6.07) is 10.9. The number of benzene rings is 2. The molecule has 0 bridgehead atoms. The maximum Gasteiger partial charge on any atom is 0.343 e. The summed E-state index contributed by atoms with van der Waals surface area (Å²) >= 11 is 11.0. The molecule has 2 aromatic carbocycles. The summed E-state index contributed by atoms with van der Waals surface area (Å²) in [7, 11) is 1.28. The van der Waals surface area contributed by atoms with E-state index in [4.69, 9.17) is 16.3 Å². The van der Waals surface area contributed by atoms with Gasteiger partial charge in [0.05, 0.1) is 32.2 Å². The second kappa shape index (κ2) is 7.54. The zero-order valence-corrected chi connectivity index (χ0v) is 17.6. The van der Waals surface area contributed by atoms with E-state index in [0.717, 1.165) is 11.0 Å². The number of methoxy groups -OCH3 is 1. The van der Waals surface area contributed by atoms with Crippen molar-refractivity contribution in [3.63, 3.8) is 0 Å². The Labute approximate surface area is 176 Å². The Morgan fingerprint density at radius 1 is 1.36 bits per heavy atom. The highest BCUT2D eigenvalue weighted by atomic mass is 79.9. The summed E-state index contributed by atoms with van der Waals surface area (Å²) in [4.78, 5) is 29.2. The second-order valence-corrected chi connectivity index (χ2v) is 8.08. The van der Waals surface area contributed by atoms with Crippen LogP contribution < -0.4 is 14.8 Å². The minimum atomic E-state index is -0.510. The van der Waals surface area contributed by atoms with Crippen molar-refractivity contribution in [1.29, 1.82) is 0 Å². The van der Waals surface area contributed by atoms with Gasteiger partial charge in [0.2, 0.25) is 0 Å². The first-order chi connectivity index (χ1) is 13.5. The predicted molar refractivity (Wildman–Crippen MR) is 112 cm³/mol. The molecular formula is C19H12BrClN2O4S. The minimum Gasteiger partial charge on any atom is -0.479 e. The van der Waals surface area contributed by atoms with E-state index in [1.807, 2.05) is 24.3 Å². The smallest absolute Gasteiger partial charge is 0.343 e. The first kappa shape index (κ1) is 18.9. The topological polar surface area (TPSA) is 69.9 Å². The van der Waals surface area contributed by atoms with Gasteiger partial charge in [-0.1, -0.05) is 35.1 Å². The number of halogens is 2. The third-order valence-corrected chi connectivity index (χ3v) is 5.86. The van der Waals surface area contributed by atoms with Crippen LogP contribution in [-0.2, 0) is 9.53 Å². The molecule has 0 unspecified atom stereocenters. The zero-order valence-electron chi connectivity index (χ0n) is 14.4. The predicted octanol–water partition coefficient (Wildman–Crippen LogP) is 3.42. The molecule has 0 aliphatic rings. The van der Waals surface area contributed by atoms with Crippen LogP contribution in [-0.4, -0.2) is 29.1 Å². The second-order valence-electron chi connectivity index (χ2n) is 5.81. The number of aromatic nitrogens is 2. The summed E-state index contributed by atoms with van der Waals surface area (Å²) in [6.07, 6.45) is 1.75. The maximum absolute atomic E-state index is 12.8. The van der Waals surface area contributed by atoms with E-state index in [2.05, 4.69) is 25.7 Å². The number of carbonyl (C=O) groups is 1. The Morgan fingerprint density at radius 2 is 2.14 bits per heavy atom. The highest BCUT2D eigenvalue weighted by Gasteiger charge is 2.13. The third kappa shape index (κ3) is 3.39. The minimum absolute atomic E-state index is 0.132. The number of nitrogens with zero attached hydrogens (tertiary/aromatic N) is 2. The summed E-state index contributed by atoms with van der Waals surface area (Å²) in [5.74, 6) is -0.178. The van der Waals surface area contributed by atoms with Crippen LogP contribution in [0.4, 0.5) is 0 Å². The number of rotatable bonds is 4. The number of hydrogen-bond donors (Lipinski definition) is 0. The summed E-state index contributed by atoms with van der Waals surface area (Å²) in [5.41, 5.74) is 2.15. The van der Waals surface area contributed by atoms with Gasteiger partial charge in [-0.15, -0.1) is 0 Å². The number of carbonyl (C=O) groups excluding carboxylic acids is 1. The Bertz CT molecular complexity index is 1310. The quantitative estimate of drug-likeness (QED) is 0.420. The lowest BCUT2D eigenvalue weighted by Crippen LogP contribution is -2.22. The lowest BCUT2D eigenvalue weighted by Gasteiger charge is -2.09. The van der Waals surface area contributed by atoms with Crippen LogP contribution in [0.25, 0.3) is 22.1 Å². The number of ether oxygens (including phenoxy) is 2. The van der Waals surface area contributed by atoms with Gasteiger partial charge in [0, 0.05) is 0 Å². The van der Waals surface area contributed by atoms with E-state index < -0.39 is 5.97 Å². The number of imidazole rings is 1. The molecule has 0 radical (unpaired) electrons. The van der Waals surface area contributed by atoms with Crippen molar-refractivity contribution < 1.29 is 14.3 Å². The first-order valence-corrected chi connectivity index (χ1v) is 10.1. The molecule has 0 amide bonds. The molecule has 4 rings (SSSR count). The highest BCUT2D eigenvalue weighted by molar-refractivity contribution is 9.10. The number of esters is 1. The summed E-state index contributed by atoms with van der Waals surface area (Å²) in [5, 5.41) is 0.309. The molecule has 0 saturated heterocycles. The molecule has 0 fully saturated rings. The number of para-hydroxylation sites is 2. The van der Waals surface area contributed by atoms with Crippen molar-refractivity contribution in [3.05, 3.63) is 66.3 Å². The average Bonchev–Trinajstić information content (AvgIpc) is 3.17. The maximum atomic E-state index is 12.8. The summed E-state index contributed by atoms with van der Waals surface area (Å²) in [6.45, 7) is -0.252. The molecule has 0 atom stereocenters. The molecule has 9 heteroatoms. The molecule has 28 heavy (non-hydrogen) atoms. The SMILES string of the molecule is COC(=O)COc1c(Cl)cc(/C=c2\sc3nc4ccccc4n3c2=O)cc1Br. The van der Waals surface area contributed by atoms with Crippen molar-refractivity contribution in [2.75, 3.05) is 13.7 Å². The van der Waals surface area contributed by atoms with Crippen molar-refractivity contribution in [2.45, 2.75) is 0 Å². The van der Waals surface area contributed by atoms with Crippen LogP contribution in [0.15, 0.2) is 45.7 Å². The van der Waals surface area contributed by atoms with Crippen LogP contribution in [0.1, 0.15) is 5.56 Å². The lowest BCUT2D eigenvalue weighted by molar-refractivity contribution is -0.142. The van der Waals surface area contributed by atoms with Gasteiger partial charge in [-0.3, -0.25) is 4.79 Å². The molecule has 142 valence electrons. The Kier molecular flexibility index (Phi) is 5.09.